The minimum absolute atomic E-state index is 0.0390. The summed E-state index contributed by atoms with van der Waals surface area (Å²) in [5.41, 5.74) is -0.196. The number of fused-ring (bicyclic) bond motifs is 7. The third-order valence-corrected chi connectivity index (χ3v) is 12.4. The molecule has 4 saturated carbocycles. The third-order valence-electron chi connectivity index (χ3n) is 11.6. The molecule has 1 spiro atoms. The summed E-state index contributed by atoms with van der Waals surface area (Å²) in [7, 11) is 0. The molecule has 6 fully saturated rings. The summed E-state index contributed by atoms with van der Waals surface area (Å²) in [6, 6.07) is 0. The molecule has 2 saturated heterocycles. The maximum atomic E-state index is 14.1. The maximum absolute atomic E-state index is 14.1. The van der Waals surface area contributed by atoms with Gasteiger partial charge < -0.3 is 9.47 Å². The number of Topliss-reactive ketones (excluding diaryl/α,β-unsaturated/α-hetero) is 2. The monoisotopic (exact) mass is 506 g/mol. The number of carbonyl (C=O) groups is 2. The highest BCUT2D eigenvalue weighted by molar-refractivity contribution is 9.10. The van der Waals surface area contributed by atoms with Gasteiger partial charge in [-0.2, -0.15) is 0 Å². The molecule has 4 nitrogen and oxygen atoms in total. The highest BCUT2D eigenvalue weighted by atomic mass is 79.9. The van der Waals surface area contributed by atoms with Crippen LogP contribution >= 0.6 is 15.9 Å². The van der Waals surface area contributed by atoms with Crippen LogP contribution in [0.15, 0.2) is 0 Å². The lowest BCUT2D eigenvalue weighted by Gasteiger charge is -2.60. The fraction of sp³-hybridized carbons (Fsp3) is 0.926. The number of ether oxygens (including phenoxy) is 2. The van der Waals surface area contributed by atoms with E-state index in [1.54, 1.807) is 0 Å². The topological polar surface area (TPSA) is 52.6 Å². The van der Waals surface area contributed by atoms with E-state index in [9.17, 15) is 9.59 Å². The van der Waals surface area contributed by atoms with Gasteiger partial charge in [-0.15, -0.1) is 0 Å². The van der Waals surface area contributed by atoms with Crippen molar-refractivity contribution >= 4 is 27.5 Å². The molecule has 0 bridgehead atoms. The van der Waals surface area contributed by atoms with Crippen LogP contribution < -0.4 is 0 Å². The van der Waals surface area contributed by atoms with Crippen LogP contribution in [0.1, 0.15) is 79.1 Å². The van der Waals surface area contributed by atoms with Gasteiger partial charge in [0.25, 0.3) is 0 Å². The number of ketones is 2. The van der Waals surface area contributed by atoms with Crippen LogP contribution in [-0.2, 0) is 19.1 Å². The van der Waals surface area contributed by atoms with Crippen LogP contribution in [0.25, 0.3) is 0 Å². The van der Waals surface area contributed by atoms with Crippen molar-refractivity contribution in [2.45, 2.75) is 95.8 Å². The number of alkyl halides is 1. The molecule has 0 unspecified atom stereocenters. The van der Waals surface area contributed by atoms with Gasteiger partial charge in [0.05, 0.1) is 17.5 Å². The van der Waals surface area contributed by atoms with E-state index >= 15 is 0 Å². The molecule has 0 aromatic heterocycles. The molecule has 2 heterocycles. The number of hydrogen-bond acceptors (Lipinski definition) is 4. The van der Waals surface area contributed by atoms with E-state index in [4.69, 9.17) is 9.47 Å². The molecule has 6 rings (SSSR count). The molecular formula is C27H39BrO4. The Morgan fingerprint density at radius 2 is 1.81 bits per heavy atom. The molecule has 178 valence electrons. The molecular weight excluding hydrogens is 468 g/mol. The predicted octanol–water partition coefficient (Wildman–Crippen LogP) is 5.55. The minimum Gasteiger partial charge on any atom is -0.349 e. The summed E-state index contributed by atoms with van der Waals surface area (Å²) in [5.74, 6) is 3.34. The highest BCUT2D eigenvalue weighted by Gasteiger charge is 2.71. The highest BCUT2D eigenvalue weighted by Crippen LogP contribution is 2.70. The minimum atomic E-state index is -0.469. The summed E-state index contributed by atoms with van der Waals surface area (Å²) in [4.78, 5) is 26.5. The molecule has 6 aliphatic rings. The lowest BCUT2D eigenvalue weighted by Crippen LogP contribution is -2.59. The number of halogens is 1. The molecule has 0 aromatic carbocycles. The van der Waals surface area contributed by atoms with E-state index < -0.39 is 5.79 Å². The van der Waals surface area contributed by atoms with Gasteiger partial charge in [0.2, 0.25) is 0 Å². The third kappa shape index (κ3) is 2.74. The average molecular weight is 508 g/mol. The largest absolute Gasteiger partial charge is 0.349 e. The van der Waals surface area contributed by atoms with Crippen molar-refractivity contribution in [2.75, 3.05) is 6.61 Å². The lowest BCUT2D eigenvalue weighted by atomic mass is 9.44. The van der Waals surface area contributed by atoms with E-state index in [0.717, 1.165) is 38.7 Å². The van der Waals surface area contributed by atoms with Gasteiger partial charge in [-0.1, -0.05) is 43.6 Å². The van der Waals surface area contributed by atoms with E-state index in [1.807, 2.05) is 0 Å². The zero-order valence-electron chi connectivity index (χ0n) is 20.1. The summed E-state index contributed by atoms with van der Waals surface area (Å²) >= 11 is 3.67. The van der Waals surface area contributed by atoms with E-state index in [2.05, 4.69) is 43.6 Å². The van der Waals surface area contributed by atoms with Crippen LogP contribution in [0, 0.1) is 52.3 Å². The Kier molecular flexibility index (Phi) is 4.95. The Bertz CT molecular complexity index is 834. The second-order valence-electron chi connectivity index (χ2n) is 12.9. The van der Waals surface area contributed by atoms with Gasteiger partial charge in [-0.05, 0) is 67.1 Å². The van der Waals surface area contributed by atoms with Crippen LogP contribution in [0.5, 0.6) is 0 Å². The molecule has 12 atom stereocenters. The first-order valence-electron chi connectivity index (χ1n) is 13.1. The Hall–Kier alpha value is -0.260. The molecule has 0 amide bonds. The molecule has 0 N–H and O–H groups in total. The van der Waals surface area contributed by atoms with Crippen molar-refractivity contribution in [3.8, 4) is 0 Å². The van der Waals surface area contributed by atoms with Crippen molar-refractivity contribution in [1.82, 2.24) is 0 Å². The van der Waals surface area contributed by atoms with Crippen molar-refractivity contribution < 1.29 is 19.1 Å². The normalized spacial score (nSPS) is 59.5. The van der Waals surface area contributed by atoms with Crippen LogP contribution in [0.3, 0.4) is 0 Å². The van der Waals surface area contributed by atoms with Gasteiger partial charge in [-0.3, -0.25) is 9.59 Å². The van der Waals surface area contributed by atoms with Crippen molar-refractivity contribution in [3.63, 3.8) is 0 Å². The Morgan fingerprint density at radius 3 is 2.53 bits per heavy atom. The first-order valence-corrected chi connectivity index (χ1v) is 14.0. The van der Waals surface area contributed by atoms with Crippen LogP contribution in [0.4, 0.5) is 0 Å². The average Bonchev–Trinajstić information content (AvgIpc) is 3.19. The molecule has 2 aliphatic heterocycles. The van der Waals surface area contributed by atoms with Gasteiger partial charge >= 0.3 is 0 Å². The Labute approximate surface area is 201 Å². The quantitative estimate of drug-likeness (QED) is 0.403. The Balaban J connectivity index is 1.31. The lowest BCUT2D eigenvalue weighted by molar-refractivity contribution is -0.272. The van der Waals surface area contributed by atoms with Crippen LogP contribution in [-0.4, -0.2) is 34.9 Å². The summed E-state index contributed by atoms with van der Waals surface area (Å²) in [5, 5.41) is 0. The Morgan fingerprint density at radius 1 is 1.03 bits per heavy atom. The second-order valence-corrected chi connectivity index (χ2v) is 14.0. The summed E-state index contributed by atoms with van der Waals surface area (Å²) in [6.45, 7) is 10.0. The van der Waals surface area contributed by atoms with Gasteiger partial charge in [0.1, 0.15) is 11.6 Å². The zero-order chi connectivity index (χ0) is 22.6. The van der Waals surface area contributed by atoms with Crippen molar-refractivity contribution in [3.05, 3.63) is 0 Å². The van der Waals surface area contributed by atoms with E-state index in [-0.39, 0.29) is 33.6 Å². The van der Waals surface area contributed by atoms with E-state index in [1.165, 1.54) is 6.42 Å². The number of rotatable bonds is 0. The second kappa shape index (κ2) is 7.13. The molecule has 0 radical (unpaired) electrons. The number of hydrogen-bond donors (Lipinski definition) is 0. The summed E-state index contributed by atoms with van der Waals surface area (Å²) < 4.78 is 13.2. The van der Waals surface area contributed by atoms with E-state index in [0.29, 0.717) is 54.0 Å². The SMILES string of the molecule is C[C@@H]1CC[C@@]2(OC1)O[C@H]1C[C@H]3[C@@H]4CC[C@H]5CC(=O)[C@H](Br)C[C@]5(C)[C@H]4CC(=O)[C@]3(C)[C@H]1[C@@H]2C. The standard InChI is InChI=1S/C27H39BrO4/c1-14-7-8-27(31-13-14)15(2)24-22(32-27)10-19-17-6-5-16-9-21(29)20(28)12-25(16,3)18(17)11-23(30)26(19,24)4/h14-20,22,24H,5-13H2,1-4H3/t14-,15+,16+,17-,18+,19+,20-,22+,24+,25+,26-,27-/m1/s1. The fourth-order valence-corrected chi connectivity index (χ4v) is 10.6. The van der Waals surface area contributed by atoms with Crippen molar-refractivity contribution in [2.24, 2.45) is 52.3 Å². The zero-order valence-corrected chi connectivity index (χ0v) is 21.7. The van der Waals surface area contributed by atoms with Crippen LogP contribution in [0.2, 0.25) is 0 Å². The predicted molar refractivity (Wildman–Crippen MR) is 125 cm³/mol. The fourth-order valence-electron chi connectivity index (χ4n) is 9.75. The first kappa shape index (κ1) is 22.2. The smallest absolute Gasteiger partial charge is 0.171 e. The first-order chi connectivity index (χ1) is 15.1. The summed E-state index contributed by atoms with van der Waals surface area (Å²) in [6.07, 6.45) is 7.86. The van der Waals surface area contributed by atoms with Gasteiger partial charge in [0.15, 0.2) is 5.79 Å². The molecule has 4 aliphatic carbocycles. The maximum Gasteiger partial charge on any atom is 0.171 e. The van der Waals surface area contributed by atoms with Gasteiger partial charge in [0, 0.05) is 36.5 Å². The molecule has 32 heavy (non-hydrogen) atoms. The molecule has 0 aromatic rings. The molecule has 5 heteroatoms. The number of carbonyl (C=O) groups excluding carboxylic acids is 2. The van der Waals surface area contributed by atoms with Crippen molar-refractivity contribution in [1.29, 1.82) is 0 Å². The van der Waals surface area contributed by atoms with Gasteiger partial charge in [-0.25, -0.2) is 0 Å².